The number of rotatable bonds is 3. The molecule has 0 heterocycles. The molecule has 0 radical (unpaired) electrons. The predicted molar refractivity (Wildman–Crippen MR) is 80.5 cm³/mol. The Kier molecular flexibility index (Phi) is 4.88. The van der Waals surface area contributed by atoms with Crippen LogP contribution in [-0.4, -0.2) is 29.6 Å². The van der Waals surface area contributed by atoms with Crippen LogP contribution in [0.1, 0.15) is 50.2 Å². The van der Waals surface area contributed by atoms with Crippen LogP contribution in [0.25, 0.3) is 0 Å². The van der Waals surface area contributed by atoms with Crippen molar-refractivity contribution in [2.45, 2.75) is 50.2 Å². The van der Waals surface area contributed by atoms with Crippen LogP contribution in [0.15, 0.2) is 24.3 Å². The fraction of sp³-hybridized carbons (Fsp3) is 0.625. The van der Waals surface area contributed by atoms with Gasteiger partial charge in [0.05, 0.1) is 11.6 Å². The van der Waals surface area contributed by atoms with Gasteiger partial charge >= 0.3 is 0 Å². The maximum absolute atomic E-state index is 10.9. The molecule has 1 aliphatic rings. The van der Waals surface area contributed by atoms with Crippen molar-refractivity contribution in [3.63, 3.8) is 0 Å². The number of likely N-dealkylation sites (N-methyl/N-ethyl adjacent to an activating group) is 1. The van der Waals surface area contributed by atoms with Crippen LogP contribution in [0.5, 0.6) is 0 Å². The third-order valence-electron chi connectivity index (χ3n) is 4.55. The number of aliphatic hydroxyl groups is 1. The Labute approximate surface area is 121 Å². The lowest BCUT2D eigenvalue weighted by Crippen LogP contribution is -2.49. The minimum Gasteiger partial charge on any atom is -0.386 e. The quantitative estimate of drug-likeness (QED) is 0.846. The smallest absolute Gasteiger partial charge is 0.0973 e. The fourth-order valence-corrected chi connectivity index (χ4v) is 3.39. The number of aliphatic hydroxyl groups excluding tert-OH is 1. The molecule has 1 aliphatic carbocycles. The molecule has 1 atom stereocenters. The van der Waals surface area contributed by atoms with E-state index in [-0.39, 0.29) is 5.54 Å². The molecule has 0 aromatic heterocycles. The van der Waals surface area contributed by atoms with Crippen molar-refractivity contribution in [3.05, 3.63) is 34.9 Å². The Morgan fingerprint density at radius 3 is 2.05 bits per heavy atom. The molecule has 1 saturated carbocycles. The monoisotopic (exact) mass is 281 g/mol. The molecule has 0 saturated heterocycles. The van der Waals surface area contributed by atoms with Crippen molar-refractivity contribution in [3.8, 4) is 0 Å². The van der Waals surface area contributed by atoms with Crippen LogP contribution in [0, 0.1) is 0 Å². The van der Waals surface area contributed by atoms with E-state index in [1.165, 1.54) is 25.7 Å². The Morgan fingerprint density at radius 2 is 1.58 bits per heavy atom. The topological polar surface area (TPSA) is 23.5 Å². The third kappa shape index (κ3) is 3.13. The average molecular weight is 282 g/mol. The molecule has 2 nitrogen and oxygen atoms in total. The zero-order chi connectivity index (χ0) is 13.9. The molecule has 3 heteroatoms. The highest BCUT2D eigenvalue weighted by atomic mass is 35.5. The Morgan fingerprint density at radius 1 is 1.05 bits per heavy atom. The van der Waals surface area contributed by atoms with Gasteiger partial charge in [0, 0.05) is 5.02 Å². The van der Waals surface area contributed by atoms with Crippen molar-refractivity contribution in [1.82, 2.24) is 4.90 Å². The third-order valence-corrected chi connectivity index (χ3v) is 4.81. The summed E-state index contributed by atoms with van der Waals surface area (Å²) >= 11 is 5.93. The summed E-state index contributed by atoms with van der Waals surface area (Å²) in [6, 6.07) is 7.62. The van der Waals surface area contributed by atoms with E-state index in [0.29, 0.717) is 0 Å². The molecule has 1 fully saturated rings. The average Bonchev–Trinajstić information content (AvgIpc) is 2.65. The highest BCUT2D eigenvalue weighted by Crippen LogP contribution is 2.41. The summed E-state index contributed by atoms with van der Waals surface area (Å²) in [4.78, 5) is 2.22. The second kappa shape index (κ2) is 6.25. The van der Waals surface area contributed by atoms with Gasteiger partial charge in [0.1, 0.15) is 0 Å². The zero-order valence-corrected chi connectivity index (χ0v) is 12.7. The summed E-state index contributed by atoms with van der Waals surface area (Å²) in [6.45, 7) is 0. The molecule has 106 valence electrons. The second-order valence-electron chi connectivity index (χ2n) is 5.87. The summed E-state index contributed by atoms with van der Waals surface area (Å²) in [6.07, 6.45) is 6.63. The first kappa shape index (κ1) is 14.8. The normalized spacial score (nSPS) is 21.1. The van der Waals surface area contributed by atoms with Gasteiger partial charge < -0.3 is 10.0 Å². The summed E-state index contributed by atoms with van der Waals surface area (Å²) in [5.41, 5.74) is 0.838. The molecule has 1 aromatic rings. The van der Waals surface area contributed by atoms with Crippen molar-refractivity contribution in [2.24, 2.45) is 0 Å². The van der Waals surface area contributed by atoms with Gasteiger partial charge in [-0.25, -0.2) is 0 Å². The van der Waals surface area contributed by atoms with Crippen LogP contribution in [0.4, 0.5) is 0 Å². The standard InChI is InChI=1S/C16H24ClNO/c1-18(2)16(11-5-3-4-6-12-16)15(19)13-7-9-14(17)10-8-13/h7-10,15,19H,3-6,11-12H2,1-2H3. The van der Waals surface area contributed by atoms with Gasteiger partial charge in [0.15, 0.2) is 0 Å². The molecule has 1 N–H and O–H groups in total. The molecule has 0 amide bonds. The lowest BCUT2D eigenvalue weighted by Gasteiger charge is -2.43. The maximum Gasteiger partial charge on any atom is 0.0973 e. The maximum atomic E-state index is 10.9. The lowest BCUT2D eigenvalue weighted by atomic mass is 9.80. The van der Waals surface area contributed by atoms with Crippen molar-refractivity contribution >= 4 is 11.6 Å². The highest BCUT2D eigenvalue weighted by molar-refractivity contribution is 6.30. The van der Waals surface area contributed by atoms with E-state index in [1.54, 1.807) is 0 Å². The molecular weight excluding hydrogens is 258 g/mol. The van der Waals surface area contributed by atoms with E-state index < -0.39 is 6.10 Å². The van der Waals surface area contributed by atoms with Crippen LogP contribution >= 0.6 is 11.6 Å². The predicted octanol–water partition coefficient (Wildman–Crippen LogP) is 4.03. The fourth-order valence-electron chi connectivity index (χ4n) is 3.26. The molecule has 1 unspecified atom stereocenters. The molecule has 2 rings (SSSR count). The first-order valence-electron chi connectivity index (χ1n) is 7.17. The van der Waals surface area contributed by atoms with Gasteiger partial charge in [-0.2, -0.15) is 0 Å². The van der Waals surface area contributed by atoms with E-state index in [1.807, 2.05) is 24.3 Å². The molecular formula is C16H24ClNO. The second-order valence-corrected chi connectivity index (χ2v) is 6.30. The van der Waals surface area contributed by atoms with Crippen molar-refractivity contribution in [2.75, 3.05) is 14.1 Å². The van der Waals surface area contributed by atoms with Crippen LogP contribution in [0.3, 0.4) is 0 Å². The van der Waals surface area contributed by atoms with Crippen molar-refractivity contribution < 1.29 is 5.11 Å². The SMILES string of the molecule is CN(C)C1(C(O)c2ccc(Cl)cc2)CCCCCC1. The van der Waals surface area contributed by atoms with Gasteiger partial charge in [-0.3, -0.25) is 0 Å². The Hall–Kier alpha value is -0.570. The van der Waals surface area contributed by atoms with E-state index >= 15 is 0 Å². The molecule has 0 aliphatic heterocycles. The summed E-state index contributed by atoms with van der Waals surface area (Å²) in [5, 5.41) is 11.6. The van der Waals surface area contributed by atoms with E-state index in [9.17, 15) is 5.11 Å². The van der Waals surface area contributed by atoms with Gasteiger partial charge in [-0.15, -0.1) is 0 Å². The molecule has 1 aromatic carbocycles. The van der Waals surface area contributed by atoms with Gasteiger partial charge in [0.2, 0.25) is 0 Å². The van der Waals surface area contributed by atoms with Gasteiger partial charge in [-0.1, -0.05) is 49.4 Å². The zero-order valence-electron chi connectivity index (χ0n) is 11.9. The first-order chi connectivity index (χ1) is 9.06. The van der Waals surface area contributed by atoms with Crippen LogP contribution in [0.2, 0.25) is 5.02 Å². The summed E-state index contributed by atoms with van der Waals surface area (Å²) < 4.78 is 0. The highest BCUT2D eigenvalue weighted by Gasteiger charge is 2.40. The summed E-state index contributed by atoms with van der Waals surface area (Å²) in [7, 11) is 4.18. The lowest BCUT2D eigenvalue weighted by molar-refractivity contribution is -0.0198. The Balaban J connectivity index is 2.29. The number of benzene rings is 1. The minimum absolute atomic E-state index is 0.135. The van der Waals surface area contributed by atoms with Gasteiger partial charge in [0.25, 0.3) is 0 Å². The summed E-state index contributed by atoms with van der Waals surface area (Å²) in [5.74, 6) is 0. The van der Waals surface area contributed by atoms with E-state index in [4.69, 9.17) is 11.6 Å². The molecule has 0 spiro atoms. The van der Waals surface area contributed by atoms with Crippen molar-refractivity contribution in [1.29, 1.82) is 0 Å². The molecule has 19 heavy (non-hydrogen) atoms. The van der Waals surface area contributed by atoms with Crippen LogP contribution < -0.4 is 0 Å². The van der Waals surface area contributed by atoms with E-state index in [2.05, 4.69) is 19.0 Å². The van der Waals surface area contributed by atoms with E-state index in [0.717, 1.165) is 23.4 Å². The number of hydrogen-bond donors (Lipinski definition) is 1. The van der Waals surface area contributed by atoms with Gasteiger partial charge in [-0.05, 0) is 44.6 Å². The Bertz CT molecular complexity index is 394. The molecule has 0 bridgehead atoms. The number of hydrogen-bond acceptors (Lipinski definition) is 2. The first-order valence-corrected chi connectivity index (χ1v) is 7.55. The minimum atomic E-state index is -0.446. The largest absolute Gasteiger partial charge is 0.386 e. The van der Waals surface area contributed by atoms with Crippen LogP contribution in [-0.2, 0) is 0 Å². The number of halogens is 1. The number of nitrogens with zero attached hydrogens (tertiary/aromatic N) is 1.